The van der Waals surface area contributed by atoms with Crippen molar-refractivity contribution >= 4 is 17.7 Å². The molecule has 0 spiro atoms. The van der Waals surface area contributed by atoms with Gasteiger partial charge in [-0.1, -0.05) is 0 Å². The van der Waals surface area contributed by atoms with Crippen molar-refractivity contribution in [3.05, 3.63) is 24.3 Å². The normalized spacial score (nSPS) is 28.4. The molecule has 2 bridgehead atoms. The third-order valence-corrected chi connectivity index (χ3v) is 5.79. The minimum atomic E-state index is -0.576. The lowest BCUT2D eigenvalue weighted by molar-refractivity contribution is -0.159. The first-order valence-electron chi connectivity index (χ1n) is 8.30. The lowest BCUT2D eigenvalue weighted by Crippen LogP contribution is -2.44. The summed E-state index contributed by atoms with van der Waals surface area (Å²) in [5.74, 6) is 0.448. The molecule has 0 aliphatic carbocycles. The molecule has 2 aliphatic heterocycles. The Morgan fingerprint density at radius 1 is 1.22 bits per heavy atom. The minimum absolute atomic E-state index is 0.0427. The number of esters is 1. The quantitative estimate of drug-likeness (QED) is 0.609. The molecule has 1 aromatic carbocycles. The fraction of sp³-hybridized carbons (Fsp3) is 0.611. The van der Waals surface area contributed by atoms with E-state index in [1.54, 1.807) is 18.7 Å². The summed E-state index contributed by atoms with van der Waals surface area (Å²) in [5.41, 5.74) is 0. The van der Waals surface area contributed by atoms with Crippen LogP contribution in [0, 0.1) is 0 Å². The van der Waals surface area contributed by atoms with Gasteiger partial charge in [-0.15, -0.1) is 11.8 Å². The van der Waals surface area contributed by atoms with Gasteiger partial charge < -0.3 is 14.4 Å². The first-order chi connectivity index (χ1) is 11.1. The number of nitrogens with zero attached hydrogens (tertiary/aromatic N) is 1. The zero-order valence-electron chi connectivity index (χ0n) is 14.0. The Kier molecular flexibility index (Phi) is 5.17. The van der Waals surface area contributed by atoms with Crippen molar-refractivity contribution in [3.8, 4) is 5.75 Å². The maximum atomic E-state index is 12.3. The van der Waals surface area contributed by atoms with Crippen molar-refractivity contribution in [1.29, 1.82) is 0 Å². The molecule has 4 atom stereocenters. The molecule has 2 aliphatic rings. The molecule has 2 saturated heterocycles. The molecule has 2 unspecified atom stereocenters. The van der Waals surface area contributed by atoms with Crippen LogP contribution in [0.1, 0.15) is 32.6 Å². The summed E-state index contributed by atoms with van der Waals surface area (Å²) in [6.07, 6.45) is 5.85. The Hall–Kier alpha value is -1.20. The molecule has 3 rings (SSSR count). The zero-order chi connectivity index (χ0) is 16.4. The second kappa shape index (κ2) is 7.14. The van der Waals surface area contributed by atoms with Gasteiger partial charge in [-0.05, 0) is 70.2 Å². The predicted octanol–water partition coefficient (Wildman–Crippen LogP) is 3.34. The summed E-state index contributed by atoms with van der Waals surface area (Å²) in [6.45, 7) is 1.76. The van der Waals surface area contributed by atoms with Crippen LogP contribution in [0.5, 0.6) is 5.75 Å². The topological polar surface area (TPSA) is 38.8 Å². The van der Waals surface area contributed by atoms with Gasteiger partial charge in [0.05, 0.1) is 0 Å². The summed E-state index contributed by atoms with van der Waals surface area (Å²) < 4.78 is 11.4. The number of carbonyl (C=O) groups is 1. The number of fused-ring (bicyclic) bond motifs is 2. The number of ether oxygens (including phenoxy) is 2. The predicted molar refractivity (Wildman–Crippen MR) is 92.0 cm³/mol. The third kappa shape index (κ3) is 3.83. The number of thioether (sulfide) groups is 1. The highest BCUT2D eigenvalue weighted by Gasteiger charge is 2.40. The lowest BCUT2D eigenvalue weighted by Gasteiger charge is -2.36. The maximum absolute atomic E-state index is 12.3. The van der Waals surface area contributed by atoms with Gasteiger partial charge >= 0.3 is 5.97 Å². The van der Waals surface area contributed by atoms with E-state index in [1.807, 2.05) is 30.5 Å². The van der Waals surface area contributed by atoms with Crippen molar-refractivity contribution in [1.82, 2.24) is 4.90 Å². The van der Waals surface area contributed by atoms with Crippen LogP contribution < -0.4 is 4.74 Å². The van der Waals surface area contributed by atoms with Gasteiger partial charge in [0, 0.05) is 17.0 Å². The van der Waals surface area contributed by atoms with Gasteiger partial charge in [-0.25, -0.2) is 4.79 Å². The number of rotatable bonds is 5. The summed E-state index contributed by atoms with van der Waals surface area (Å²) in [5, 5.41) is 0. The van der Waals surface area contributed by atoms with E-state index in [0.29, 0.717) is 17.8 Å². The molecule has 2 heterocycles. The third-order valence-electron chi connectivity index (χ3n) is 5.04. The average molecular weight is 335 g/mol. The van der Waals surface area contributed by atoms with Gasteiger partial charge in [0.15, 0.2) is 6.10 Å². The summed E-state index contributed by atoms with van der Waals surface area (Å²) in [7, 11) is 2.18. The monoisotopic (exact) mass is 335 g/mol. The van der Waals surface area contributed by atoms with Gasteiger partial charge in [0.25, 0.3) is 0 Å². The van der Waals surface area contributed by atoms with Crippen molar-refractivity contribution in [3.63, 3.8) is 0 Å². The fourth-order valence-electron chi connectivity index (χ4n) is 3.62. The number of piperidine rings is 1. The zero-order valence-corrected chi connectivity index (χ0v) is 14.8. The standard InChI is InChI=1S/C18H25NO3S/c1-12(21-15-6-8-17(23-3)9-7-15)18(20)22-16-10-13-4-5-14(11-16)19(13)2/h6-9,12-14,16H,4-5,10-11H2,1-3H3/t12?,13-,14+,16?. The molecule has 0 aromatic heterocycles. The molecule has 0 saturated carbocycles. The van der Waals surface area contributed by atoms with Gasteiger partial charge in [0.1, 0.15) is 11.9 Å². The smallest absolute Gasteiger partial charge is 0.347 e. The van der Waals surface area contributed by atoms with E-state index in [1.165, 1.54) is 17.7 Å². The van der Waals surface area contributed by atoms with E-state index in [9.17, 15) is 4.79 Å². The lowest BCUT2D eigenvalue weighted by atomic mass is 10.0. The number of benzene rings is 1. The molecule has 23 heavy (non-hydrogen) atoms. The Balaban J connectivity index is 1.51. The highest BCUT2D eigenvalue weighted by molar-refractivity contribution is 7.98. The number of hydrogen-bond donors (Lipinski definition) is 0. The molecule has 5 heteroatoms. The maximum Gasteiger partial charge on any atom is 0.347 e. The van der Waals surface area contributed by atoms with Gasteiger partial charge in [-0.3, -0.25) is 0 Å². The van der Waals surface area contributed by atoms with E-state index in [-0.39, 0.29) is 12.1 Å². The second-order valence-electron chi connectivity index (χ2n) is 6.52. The first kappa shape index (κ1) is 16.7. The highest BCUT2D eigenvalue weighted by atomic mass is 32.2. The van der Waals surface area contributed by atoms with Crippen LogP contribution in [0.3, 0.4) is 0 Å². The Morgan fingerprint density at radius 2 is 1.83 bits per heavy atom. The summed E-state index contributed by atoms with van der Waals surface area (Å²) >= 11 is 1.68. The van der Waals surface area contributed by atoms with Crippen LogP contribution >= 0.6 is 11.8 Å². The molecule has 4 nitrogen and oxygen atoms in total. The molecule has 0 radical (unpaired) electrons. The molecular formula is C18H25NO3S. The summed E-state index contributed by atoms with van der Waals surface area (Å²) in [4.78, 5) is 15.9. The molecule has 2 fully saturated rings. The summed E-state index contributed by atoms with van der Waals surface area (Å²) in [6, 6.07) is 8.92. The number of hydrogen-bond acceptors (Lipinski definition) is 5. The van der Waals surface area contributed by atoms with E-state index in [0.717, 1.165) is 12.8 Å². The van der Waals surface area contributed by atoms with Crippen LogP contribution in [-0.4, -0.2) is 48.5 Å². The van der Waals surface area contributed by atoms with Crippen molar-refractivity contribution in [2.24, 2.45) is 0 Å². The van der Waals surface area contributed by atoms with Crippen molar-refractivity contribution < 1.29 is 14.3 Å². The number of carbonyl (C=O) groups excluding carboxylic acids is 1. The largest absolute Gasteiger partial charge is 0.479 e. The molecular weight excluding hydrogens is 310 g/mol. The minimum Gasteiger partial charge on any atom is -0.479 e. The Labute approximate surface area is 142 Å². The SMILES string of the molecule is CSc1ccc(OC(C)C(=O)OC2C[C@H]3CC[C@@H](C2)N3C)cc1. The van der Waals surface area contributed by atoms with Crippen LogP contribution in [0.2, 0.25) is 0 Å². The van der Waals surface area contributed by atoms with Crippen molar-refractivity contribution in [2.75, 3.05) is 13.3 Å². The van der Waals surface area contributed by atoms with Gasteiger partial charge in [0.2, 0.25) is 0 Å². The second-order valence-corrected chi connectivity index (χ2v) is 7.40. The molecule has 1 aromatic rings. The average Bonchev–Trinajstić information content (AvgIpc) is 2.76. The van der Waals surface area contributed by atoms with Gasteiger partial charge in [-0.2, -0.15) is 0 Å². The van der Waals surface area contributed by atoms with Crippen LogP contribution in [0.15, 0.2) is 29.2 Å². The van der Waals surface area contributed by atoms with E-state index in [2.05, 4.69) is 11.9 Å². The molecule has 126 valence electrons. The first-order valence-corrected chi connectivity index (χ1v) is 9.52. The highest BCUT2D eigenvalue weighted by Crippen LogP contribution is 2.35. The van der Waals surface area contributed by atoms with Crippen LogP contribution in [-0.2, 0) is 9.53 Å². The Morgan fingerprint density at radius 3 is 2.39 bits per heavy atom. The van der Waals surface area contributed by atoms with Crippen LogP contribution in [0.4, 0.5) is 0 Å². The van der Waals surface area contributed by atoms with E-state index < -0.39 is 6.10 Å². The molecule has 0 amide bonds. The van der Waals surface area contributed by atoms with Crippen LogP contribution in [0.25, 0.3) is 0 Å². The van der Waals surface area contributed by atoms with Crippen molar-refractivity contribution in [2.45, 2.75) is 61.8 Å². The Bertz CT molecular complexity index is 534. The fourth-order valence-corrected chi connectivity index (χ4v) is 4.03. The van der Waals surface area contributed by atoms with E-state index >= 15 is 0 Å². The molecule has 0 N–H and O–H groups in total. The van der Waals surface area contributed by atoms with E-state index in [4.69, 9.17) is 9.47 Å².